The van der Waals surface area contributed by atoms with Gasteiger partial charge < -0.3 is 5.32 Å². The van der Waals surface area contributed by atoms with Gasteiger partial charge in [0.1, 0.15) is 10.7 Å². The Morgan fingerprint density at radius 2 is 2.14 bits per heavy atom. The molecule has 0 aliphatic heterocycles. The summed E-state index contributed by atoms with van der Waals surface area (Å²) in [5.41, 5.74) is 0. The summed E-state index contributed by atoms with van der Waals surface area (Å²) in [6.07, 6.45) is 7.79. The fourth-order valence-electron chi connectivity index (χ4n) is 2.23. The Balaban J connectivity index is 1.98. The molecule has 0 spiro atoms. The number of nitrogens with one attached hydrogen (secondary N) is 2. The zero-order valence-electron chi connectivity index (χ0n) is 12.6. The summed E-state index contributed by atoms with van der Waals surface area (Å²) in [6, 6.07) is 3.30. The van der Waals surface area contributed by atoms with Crippen molar-refractivity contribution in [2.75, 3.05) is 24.7 Å². The maximum atomic E-state index is 12.3. The Hall–Kier alpha value is -0.790. The molecule has 5 nitrogen and oxygen atoms in total. The fourth-order valence-corrected chi connectivity index (χ4v) is 4.31. The van der Waals surface area contributed by atoms with Gasteiger partial charge in [-0.05, 0) is 37.7 Å². The molecule has 0 bridgehead atoms. The number of rotatable bonds is 8. The Morgan fingerprint density at radius 1 is 1.38 bits per heavy atom. The molecule has 0 unspecified atom stereocenters. The SMILES string of the molecule is CCCNc1ccc(S(=O)(=O)NCC2(SC)CCC2)cn1. The predicted molar refractivity (Wildman–Crippen MR) is 88.3 cm³/mol. The molecule has 1 aromatic heterocycles. The molecule has 1 aliphatic rings. The van der Waals surface area contributed by atoms with E-state index in [4.69, 9.17) is 0 Å². The van der Waals surface area contributed by atoms with Gasteiger partial charge in [-0.1, -0.05) is 13.3 Å². The van der Waals surface area contributed by atoms with E-state index >= 15 is 0 Å². The van der Waals surface area contributed by atoms with Gasteiger partial charge in [0.25, 0.3) is 0 Å². The van der Waals surface area contributed by atoms with Crippen LogP contribution in [-0.4, -0.2) is 37.5 Å². The number of hydrogen-bond acceptors (Lipinski definition) is 5. The van der Waals surface area contributed by atoms with Crippen molar-refractivity contribution in [3.05, 3.63) is 18.3 Å². The molecule has 0 aromatic carbocycles. The lowest BCUT2D eigenvalue weighted by Crippen LogP contribution is -2.45. The summed E-state index contributed by atoms with van der Waals surface area (Å²) in [4.78, 5) is 4.37. The first-order valence-electron chi connectivity index (χ1n) is 7.26. The minimum atomic E-state index is -3.47. The van der Waals surface area contributed by atoms with Crippen LogP contribution in [0.5, 0.6) is 0 Å². The standard InChI is InChI=1S/C14H23N3O2S2/c1-3-9-15-13-6-5-12(10-16-13)21(18,19)17-11-14(20-2)7-4-8-14/h5-6,10,17H,3-4,7-9,11H2,1-2H3,(H,15,16). The van der Waals surface area contributed by atoms with Gasteiger partial charge >= 0.3 is 0 Å². The number of hydrogen-bond donors (Lipinski definition) is 2. The van der Waals surface area contributed by atoms with Crippen LogP contribution in [0.2, 0.25) is 0 Å². The average molecular weight is 329 g/mol. The van der Waals surface area contributed by atoms with E-state index in [1.807, 2.05) is 6.26 Å². The van der Waals surface area contributed by atoms with E-state index in [0.717, 1.165) is 25.8 Å². The smallest absolute Gasteiger partial charge is 0.242 e. The van der Waals surface area contributed by atoms with Crippen LogP contribution < -0.4 is 10.0 Å². The van der Waals surface area contributed by atoms with Crippen LogP contribution in [0.1, 0.15) is 32.6 Å². The molecule has 2 rings (SSSR count). The molecule has 1 saturated carbocycles. The molecule has 0 amide bonds. The lowest BCUT2D eigenvalue weighted by molar-refractivity contribution is 0.362. The van der Waals surface area contributed by atoms with Crippen molar-refractivity contribution < 1.29 is 8.42 Å². The molecule has 0 saturated heterocycles. The molecule has 1 aromatic rings. The van der Waals surface area contributed by atoms with Gasteiger partial charge in [0.15, 0.2) is 0 Å². The van der Waals surface area contributed by atoms with Crippen LogP contribution in [0.3, 0.4) is 0 Å². The Labute approximate surface area is 131 Å². The molecule has 0 atom stereocenters. The summed E-state index contributed by atoms with van der Waals surface area (Å²) in [5, 5.41) is 3.13. The summed E-state index contributed by atoms with van der Waals surface area (Å²) in [5.74, 6) is 0.704. The quantitative estimate of drug-likeness (QED) is 0.766. The largest absolute Gasteiger partial charge is 0.370 e. The van der Waals surface area contributed by atoms with Crippen LogP contribution in [0.4, 0.5) is 5.82 Å². The first-order valence-corrected chi connectivity index (χ1v) is 9.97. The predicted octanol–water partition coefficient (Wildman–Crippen LogP) is 2.47. The van der Waals surface area contributed by atoms with E-state index in [2.05, 4.69) is 21.9 Å². The van der Waals surface area contributed by atoms with Crippen LogP contribution in [0.15, 0.2) is 23.2 Å². The number of anilines is 1. The van der Waals surface area contributed by atoms with E-state index in [1.165, 1.54) is 12.6 Å². The van der Waals surface area contributed by atoms with Crippen molar-refractivity contribution in [2.45, 2.75) is 42.2 Å². The second-order valence-electron chi connectivity index (χ2n) is 5.37. The maximum absolute atomic E-state index is 12.3. The molecule has 7 heteroatoms. The van der Waals surface area contributed by atoms with Crippen molar-refractivity contribution in [1.29, 1.82) is 0 Å². The van der Waals surface area contributed by atoms with Gasteiger partial charge in [0, 0.05) is 24.0 Å². The zero-order chi connectivity index (χ0) is 15.3. The lowest BCUT2D eigenvalue weighted by atomic mass is 9.84. The summed E-state index contributed by atoms with van der Waals surface area (Å²) in [6.45, 7) is 3.39. The molecule has 1 aliphatic carbocycles. The van der Waals surface area contributed by atoms with Gasteiger partial charge in [-0.25, -0.2) is 18.1 Å². The zero-order valence-corrected chi connectivity index (χ0v) is 14.2. The third-order valence-electron chi connectivity index (χ3n) is 3.88. The third-order valence-corrected chi connectivity index (χ3v) is 6.69. The Kier molecular flexibility index (Phi) is 5.51. The topological polar surface area (TPSA) is 71.1 Å². The van der Waals surface area contributed by atoms with Crippen LogP contribution in [0, 0.1) is 0 Å². The Bertz CT molecular complexity index is 549. The van der Waals surface area contributed by atoms with Gasteiger partial charge in [-0.15, -0.1) is 0 Å². The summed E-state index contributed by atoms with van der Waals surface area (Å²) in [7, 11) is -3.47. The first-order chi connectivity index (χ1) is 10.0. The first kappa shape index (κ1) is 16.6. The highest BCUT2D eigenvalue weighted by Crippen LogP contribution is 2.42. The number of pyridine rings is 1. The van der Waals surface area contributed by atoms with Crippen molar-refractivity contribution in [3.63, 3.8) is 0 Å². The van der Waals surface area contributed by atoms with Crippen molar-refractivity contribution in [1.82, 2.24) is 9.71 Å². The second-order valence-corrected chi connectivity index (χ2v) is 8.41. The molecule has 1 heterocycles. The number of thioether (sulfide) groups is 1. The van der Waals surface area contributed by atoms with E-state index in [9.17, 15) is 8.42 Å². The second kappa shape index (κ2) is 6.98. The molecular formula is C14H23N3O2S2. The molecule has 21 heavy (non-hydrogen) atoms. The highest BCUT2D eigenvalue weighted by atomic mass is 32.2. The minimum Gasteiger partial charge on any atom is -0.370 e. The minimum absolute atomic E-state index is 0.0864. The third kappa shape index (κ3) is 4.11. The maximum Gasteiger partial charge on any atom is 0.242 e. The van der Waals surface area contributed by atoms with E-state index in [1.54, 1.807) is 23.9 Å². The molecule has 2 N–H and O–H groups in total. The van der Waals surface area contributed by atoms with Gasteiger partial charge in [-0.3, -0.25) is 0 Å². The fraction of sp³-hybridized carbons (Fsp3) is 0.643. The van der Waals surface area contributed by atoms with Crippen molar-refractivity contribution in [3.8, 4) is 0 Å². The monoisotopic (exact) mass is 329 g/mol. The van der Waals surface area contributed by atoms with Crippen molar-refractivity contribution in [2.24, 2.45) is 0 Å². The number of sulfonamides is 1. The highest BCUT2D eigenvalue weighted by Gasteiger charge is 2.37. The number of nitrogens with zero attached hydrogens (tertiary/aromatic N) is 1. The molecule has 0 radical (unpaired) electrons. The van der Waals surface area contributed by atoms with E-state index in [0.29, 0.717) is 12.4 Å². The van der Waals surface area contributed by atoms with E-state index in [-0.39, 0.29) is 9.64 Å². The van der Waals surface area contributed by atoms with Gasteiger partial charge in [-0.2, -0.15) is 11.8 Å². The summed E-state index contributed by atoms with van der Waals surface area (Å²) < 4.78 is 27.4. The lowest BCUT2D eigenvalue weighted by Gasteiger charge is -2.40. The van der Waals surface area contributed by atoms with Crippen LogP contribution in [0.25, 0.3) is 0 Å². The van der Waals surface area contributed by atoms with Crippen molar-refractivity contribution >= 4 is 27.6 Å². The van der Waals surface area contributed by atoms with E-state index < -0.39 is 10.0 Å². The van der Waals surface area contributed by atoms with Crippen LogP contribution in [-0.2, 0) is 10.0 Å². The molecular weight excluding hydrogens is 306 g/mol. The normalized spacial score (nSPS) is 17.2. The average Bonchev–Trinajstić information content (AvgIpc) is 2.45. The highest BCUT2D eigenvalue weighted by molar-refractivity contribution is 8.00. The number of aromatic nitrogens is 1. The van der Waals surface area contributed by atoms with Gasteiger partial charge in [0.2, 0.25) is 10.0 Å². The Morgan fingerprint density at radius 3 is 2.62 bits per heavy atom. The molecule has 1 fully saturated rings. The molecule has 118 valence electrons. The van der Waals surface area contributed by atoms with Gasteiger partial charge in [0.05, 0.1) is 0 Å². The van der Waals surface area contributed by atoms with Crippen LogP contribution >= 0.6 is 11.8 Å². The summed E-state index contributed by atoms with van der Waals surface area (Å²) >= 11 is 1.75.